The molecule has 138 valence electrons. The molecule has 0 bridgehead atoms. The summed E-state index contributed by atoms with van der Waals surface area (Å²) >= 11 is 0. The summed E-state index contributed by atoms with van der Waals surface area (Å²) in [5.74, 6) is 0.0728. The van der Waals surface area contributed by atoms with Gasteiger partial charge in [-0.25, -0.2) is 0 Å². The highest BCUT2D eigenvalue weighted by atomic mass is 16.2. The normalized spacial score (nSPS) is 15.7. The van der Waals surface area contributed by atoms with Crippen LogP contribution in [0.4, 0.5) is 0 Å². The largest absolute Gasteiger partial charge is 0.337 e. The molecule has 27 heavy (non-hydrogen) atoms. The summed E-state index contributed by atoms with van der Waals surface area (Å²) < 4.78 is 1.73. The number of rotatable bonds is 4. The van der Waals surface area contributed by atoms with Gasteiger partial charge < -0.3 is 4.90 Å². The topological polar surface area (TPSA) is 41.4 Å². The van der Waals surface area contributed by atoms with E-state index in [9.17, 15) is 4.79 Å². The number of nitrogens with zero attached hydrogens (tertiary/aromatic N) is 4. The van der Waals surface area contributed by atoms with E-state index in [2.05, 4.69) is 52.5 Å². The summed E-state index contributed by atoms with van der Waals surface area (Å²) in [5.41, 5.74) is 2.30. The van der Waals surface area contributed by atoms with Crippen LogP contribution in [0.15, 0.2) is 60.9 Å². The zero-order chi connectivity index (χ0) is 18.6. The summed E-state index contributed by atoms with van der Waals surface area (Å²) in [5, 5.41) is 6.71. The standard InChI is InChI=1S/C22H24N4O/c1-24-16-18(15-23-24)9-10-22(27)26-13-11-25(12-14-26)17-20-7-4-6-19-5-2-3-8-21(19)20/h2-10,15-16H,11-14,17H2,1H3. The quantitative estimate of drug-likeness (QED) is 0.672. The van der Waals surface area contributed by atoms with Crippen molar-refractivity contribution in [2.75, 3.05) is 26.2 Å². The lowest BCUT2D eigenvalue weighted by Gasteiger charge is -2.34. The van der Waals surface area contributed by atoms with E-state index in [4.69, 9.17) is 0 Å². The first-order valence-electron chi connectivity index (χ1n) is 9.34. The minimum Gasteiger partial charge on any atom is -0.337 e. The molecule has 2 heterocycles. The number of hydrogen-bond donors (Lipinski definition) is 0. The molecule has 1 saturated heterocycles. The van der Waals surface area contributed by atoms with Crippen molar-refractivity contribution in [1.29, 1.82) is 0 Å². The SMILES string of the molecule is Cn1cc(C=CC(=O)N2CCN(Cc3cccc4ccccc34)CC2)cn1. The van der Waals surface area contributed by atoms with Crippen LogP contribution in [0.5, 0.6) is 0 Å². The van der Waals surface area contributed by atoms with Gasteiger partial charge in [-0.05, 0) is 22.4 Å². The number of piperazine rings is 1. The first kappa shape index (κ1) is 17.5. The van der Waals surface area contributed by atoms with Gasteiger partial charge in [0.1, 0.15) is 0 Å². The predicted molar refractivity (Wildman–Crippen MR) is 108 cm³/mol. The van der Waals surface area contributed by atoms with Gasteiger partial charge in [0.25, 0.3) is 0 Å². The first-order valence-corrected chi connectivity index (χ1v) is 9.34. The van der Waals surface area contributed by atoms with Crippen LogP contribution in [0.1, 0.15) is 11.1 Å². The van der Waals surface area contributed by atoms with Crippen molar-refractivity contribution < 1.29 is 4.79 Å². The van der Waals surface area contributed by atoms with Crippen molar-refractivity contribution in [2.24, 2.45) is 7.05 Å². The van der Waals surface area contributed by atoms with Crippen molar-refractivity contribution in [3.05, 3.63) is 72.1 Å². The Bertz CT molecular complexity index is 962. The first-order chi connectivity index (χ1) is 13.2. The van der Waals surface area contributed by atoms with Crippen molar-refractivity contribution in [2.45, 2.75) is 6.54 Å². The van der Waals surface area contributed by atoms with E-state index in [-0.39, 0.29) is 5.91 Å². The number of benzene rings is 2. The molecule has 0 saturated carbocycles. The van der Waals surface area contributed by atoms with Gasteiger partial charge in [-0.3, -0.25) is 14.4 Å². The van der Waals surface area contributed by atoms with Crippen LogP contribution in [0.25, 0.3) is 16.8 Å². The third-order valence-corrected chi connectivity index (χ3v) is 5.10. The van der Waals surface area contributed by atoms with Gasteiger partial charge in [0.05, 0.1) is 6.20 Å². The molecule has 1 aliphatic heterocycles. The molecular formula is C22H24N4O. The zero-order valence-electron chi connectivity index (χ0n) is 15.6. The Morgan fingerprint density at radius 1 is 1.07 bits per heavy atom. The Balaban J connectivity index is 1.34. The summed E-state index contributed by atoms with van der Waals surface area (Å²) in [6, 6.07) is 15.0. The number of fused-ring (bicyclic) bond motifs is 1. The van der Waals surface area contributed by atoms with E-state index >= 15 is 0 Å². The molecule has 0 aliphatic carbocycles. The molecule has 0 spiro atoms. The predicted octanol–water partition coefficient (Wildman–Crippen LogP) is 2.93. The third-order valence-electron chi connectivity index (χ3n) is 5.10. The van der Waals surface area contributed by atoms with E-state index < -0.39 is 0 Å². The smallest absolute Gasteiger partial charge is 0.246 e. The molecule has 5 nitrogen and oxygen atoms in total. The van der Waals surface area contributed by atoms with Crippen LogP contribution in [0, 0.1) is 0 Å². The summed E-state index contributed by atoms with van der Waals surface area (Å²) in [4.78, 5) is 16.8. The lowest BCUT2D eigenvalue weighted by molar-refractivity contribution is -0.127. The maximum absolute atomic E-state index is 12.4. The van der Waals surface area contributed by atoms with Crippen LogP contribution in [-0.2, 0) is 18.4 Å². The molecule has 1 fully saturated rings. The summed E-state index contributed by atoms with van der Waals surface area (Å²) in [6.45, 7) is 4.25. The number of carbonyl (C=O) groups is 1. The Labute approximate surface area is 159 Å². The van der Waals surface area contributed by atoms with Crippen LogP contribution in [-0.4, -0.2) is 51.7 Å². The van der Waals surface area contributed by atoms with Crippen LogP contribution in [0.2, 0.25) is 0 Å². The molecule has 2 aromatic carbocycles. The Morgan fingerprint density at radius 3 is 2.63 bits per heavy atom. The monoisotopic (exact) mass is 360 g/mol. The maximum Gasteiger partial charge on any atom is 0.246 e. The molecule has 1 aromatic heterocycles. The molecule has 0 radical (unpaired) electrons. The average Bonchev–Trinajstić information content (AvgIpc) is 3.12. The van der Waals surface area contributed by atoms with Gasteiger partial charge in [0, 0.05) is 57.6 Å². The van der Waals surface area contributed by atoms with Gasteiger partial charge in [-0.1, -0.05) is 42.5 Å². The van der Waals surface area contributed by atoms with Crippen molar-refractivity contribution in [3.8, 4) is 0 Å². The van der Waals surface area contributed by atoms with Gasteiger partial charge in [0.2, 0.25) is 5.91 Å². The van der Waals surface area contributed by atoms with Gasteiger partial charge in [-0.15, -0.1) is 0 Å². The maximum atomic E-state index is 12.4. The van der Waals surface area contributed by atoms with E-state index in [1.54, 1.807) is 17.0 Å². The van der Waals surface area contributed by atoms with Gasteiger partial charge >= 0.3 is 0 Å². The number of aryl methyl sites for hydroxylation is 1. The summed E-state index contributed by atoms with van der Waals surface area (Å²) in [6.07, 6.45) is 7.13. The fourth-order valence-corrected chi connectivity index (χ4v) is 3.60. The van der Waals surface area contributed by atoms with E-state index in [0.29, 0.717) is 0 Å². The van der Waals surface area contributed by atoms with Gasteiger partial charge in [-0.2, -0.15) is 5.10 Å². The highest BCUT2D eigenvalue weighted by Gasteiger charge is 2.20. The number of aromatic nitrogens is 2. The highest BCUT2D eigenvalue weighted by molar-refractivity contribution is 5.91. The fraction of sp³-hybridized carbons (Fsp3) is 0.273. The second-order valence-corrected chi connectivity index (χ2v) is 7.02. The lowest BCUT2D eigenvalue weighted by atomic mass is 10.0. The average molecular weight is 360 g/mol. The molecule has 0 N–H and O–H groups in total. The molecule has 1 aliphatic rings. The second kappa shape index (κ2) is 7.76. The second-order valence-electron chi connectivity index (χ2n) is 7.02. The lowest BCUT2D eigenvalue weighted by Crippen LogP contribution is -2.47. The molecule has 0 atom stereocenters. The van der Waals surface area contributed by atoms with Crippen LogP contribution >= 0.6 is 0 Å². The fourth-order valence-electron chi connectivity index (χ4n) is 3.60. The number of hydrogen-bond acceptors (Lipinski definition) is 3. The van der Waals surface area contributed by atoms with Crippen molar-refractivity contribution in [3.63, 3.8) is 0 Å². The highest BCUT2D eigenvalue weighted by Crippen LogP contribution is 2.20. The Morgan fingerprint density at radius 2 is 1.85 bits per heavy atom. The molecular weight excluding hydrogens is 336 g/mol. The van der Waals surface area contributed by atoms with Crippen molar-refractivity contribution in [1.82, 2.24) is 19.6 Å². The summed E-state index contributed by atoms with van der Waals surface area (Å²) in [7, 11) is 1.87. The van der Waals surface area contributed by atoms with Crippen LogP contribution in [0.3, 0.4) is 0 Å². The minimum absolute atomic E-state index is 0.0728. The van der Waals surface area contributed by atoms with Crippen molar-refractivity contribution >= 4 is 22.8 Å². The van der Waals surface area contributed by atoms with E-state index in [0.717, 1.165) is 38.3 Å². The molecule has 1 amide bonds. The Hall–Kier alpha value is -2.92. The van der Waals surface area contributed by atoms with E-state index in [1.807, 2.05) is 24.2 Å². The molecule has 5 heteroatoms. The van der Waals surface area contributed by atoms with Crippen LogP contribution < -0.4 is 0 Å². The Kier molecular flexibility index (Phi) is 5.03. The van der Waals surface area contributed by atoms with Gasteiger partial charge in [0.15, 0.2) is 0 Å². The molecule has 3 aromatic rings. The molecule has 0 unspecified atom stereocenters. The minimum atomic E-state index is 0.0728. The zero-order valence-corrected chi connectivity index (χ0v) is 15.6. The molecule has 4 rings (SSSR count). The third kappa shape index (κ3) is 4.09. The van der Waals surface area contributed by atoms with E-state index in [1.165, 1.54) is 16.3 Å². The number of carbonyl (C=O) groups excluding carboxylic acids is 1. The number of amides is 1.